The van der Waals surface area contributed by atoms with Crippen molar-refractivity contribution in [3.63, 3.8) is 0 Å². The molecule has 0 aromatic heterocycles. The summed E-state index contributed by atoms with van der Waals surface area (Å²) in [4.78, 5) is 7.75. The molecule has 0 radical (unpaired) electrons. The van der Waals surface area contributed by atoms with Crippen LogP contribution in [-0.4, -0.2) is 85.7 Å². The average Bonchev–Trinajstić information content (AvgIpc) is 3.13. The third-order valence-electron chi connectivity index (χ3n) is 4.78. The summed E-state index contributed by atoms with van der Waals surface area (Å²) in [6.45, 7) is 28.4. The van der Waals surface area contributed by atoms with Gasteiger partial charge < -0.3 is 10.2 Å². The van der Waals surface area contributed by atoms with Gasteiger partial charge in [-0.2, -0.15) is 0 Å². The molecule has 0 aliphatic carbocycles. The average molecular weight is 401 g/mol. The van der Waals surface area contributed by atoms with Crippen LogP contribution in [0.3, 0.4) is 0 Å². The first-order chi connectivity index (χ1) is 13.3. The van der Waals surface area contributed by atoms with E-state index in [0.717, 1.165) is 18.6 Å². The van der Waals surface area contributed by atoms with E-state index in [1.54, 1.807) is 0 Å². The van der Waals surface area contributed by atoms with Crippen molar-refractivity contribution < 1.29 is 0 Å². The summed E-state index contributed by atoms with van der Waals surface area (Å²) in [5.41, 5.74) is 0. The van der Waals surface area contributed by atoms with Gasteiger partial charge in [-0.15, -0.1) is 0 Å². The second-order valence-electron chi connectivity index (χ2n) is 8.89. The van der Waals surface area contributed by atoms with E-state index in [9.17, 15) is 0 Å². The van der Waals surface area contributed by atoms with Gasteiger partial charge in [0.1, 0.15) is 0 Å². The highest BCUT2D eigenvalue weighted by molar-refractivity contribution is 4.86. The molecule has 2 aliphatic rings. The molecule has 1 unspecified atom stereocenters. The number of likely N-dealkylation sites (tertiary alicyclic amines) is 1. The van der Waals surface area contributed by atoms with E-state index in [1.165, 1.54) is 65.0 Å². The first-order valence-corrected chi connectivity index (χ1v) is 12.2. The molecule has 0 aromatic carbocycles. The van der Waals surface area contributed by atoms with Crippen LogP contribution in [0.4, 0.5) is 0 Å². The monoisotopic (exact) mass is 400 g/mol. The molecule has 0 bridgehead atoms. The quantitative estimate of drug-likeness (QED) is 0.705. The highest BCUT2D eigenvalue weighted by Crippen LogP contribution is 2.18. The van der Waals surface area contributed by atoms with Crippen molar-refractivity contribution in [1.82, 2.24) is 20.0 Å². The smallest absolute Gasteiger partial charge is 0.0236 e. The van der Waals surface area contributed by atoms with E-state index in [-0.39, 0.29) is 0 Å². The second-order valence-corrected chi connectivity index (χ2v) is 8.89. The summed E-state index contributed by atoms with van der Waals surface area (Å²) >= 11 is 0. The van der Waals surface area contributed by atoms with Gasteiger partial charge in [0.15, 0.2) is 0 Å². The molecule has 0 amide bonds. The van der Waals surface area contributed by atoms with Crippen LogP contribution in [-0.2, 0) is 0 Å². The van der Waals surface area contributed by atoms with Gasteiger partial charge in [0, 0.05) is 57.4 Å². The Balaban J connectivity index is 0. The Kier molecular flexibility index (Phi) is 21.6. The maximum Gasteiger partial charge on any atom is 0.0236 e. The van der Waals surface area contributed by atoms with Gasteiger partial charge in [-0.3, -0.25) is 9.80 Å². The molecular formula is C24H56N4. The number of likely N-dealkylation sites (N-methyl/N-ethyl adjacent to an activating group) is 1. The van der Waals surface area contributed by atoms with Crippen LogP contribution in [0.5, 0.6) is 0 Å². The molecule has 172 valence electrons. The highest BCUT2D eigenvalue weighted by atomic mass is 15.3. The zero-order valence-corrected chi connectivity index (χ0v) is 21.4. The molecule has 2 rings (SSSR count). The largest absolute Gasteiger partial charge is 0.315 e. The van der Waals surface area contributed by atoms with Gasteiger partial charge in [0.25, 0.3) is 0 Å². The van der Waals surface area contributed by atoms with Crippen LogP contribution in [0.25, 0.3) is 0 Å². The number of piperazine rings is 1. The fourth-order valence-corrected chi connectivity index (χ4v) is 3.16. The normalized spacial score (nSPS) is 20.8. The molecule has 1 N–H and O–H groups in total. The van der Waals surface area contributed by atoms with E-state index < -0.39 is 0 Å². The van der Waals surface area contributed by atoms with E-state index in [1.807, 2.05) is 0 Å². The van der Waals surface area contributed by atoms with E-state index in [4.69, 9.17) is 0 Å². The SMILES string of the molecule is CC(C)N1CCC(N2CCN(C)CC2)C1.CCC.CCC.CCCNC(C)C. The fraction of sp³-hybridized carbons (Fsp3) is 1.00. The van der Waals surface area contributed by atoms with Crippen LogP contribution < -0.4 is 5.32 Å². The molecule has 0 saturated carbocycles. The molecule has 0 spiro atoms. The Morgan fingerprint density at radius 2 is 1.32 bits per heavy atom. The summed E-state index contributed by atoms with van der Waals surface area (Å²) in [7, 11) is 2.23. The number of rotatable bonds is 5. The van der Waals surface area contributed by atoms with Gasteiger partial charge >= 0.3 is 0 Å². The van der Waals surface area contributed by atoms with Gasteiger partial charge in [-0.25, -0.2) is 0 Å². The Morgan fingerprint density at radius 3 is 1.64 bits per heavy atom. The molecule has 2 aliphatic heterocycles. The Labute approximate surface area is 179 Å². The molecule has 2 saturated heterocycles. The zero-order chi connectivity index (χ0) is 21.9. The molecule has 4 nitrogen and oxygen atoms in total. The highest BCUT2D eigenvalue weighted by Gasteiger charge is 2.29. The van der Waals surface area contributed by atoms with E-state index in [0.29, 0.717) is 6.04 Å². The van der Waals surface area contributed by atoms with Crippen molar-refractivity contribution >= 4 is 0 Å². The molecule has 1 atom stereocenters. The predicted octanol–water partition coefficient (Wildman–Crippen LogP) is 4.94. The van der Waals surface area contributed by atoms with Crippen molar-refractivity contribution in [2.45, 2.75) is 106 Å². The number of nitrogens with one attached hydrogen (secondary N) is 1. The van der Waals surface area contributed by atoms with Gasteiger partial charge in [-0.05, 0) is 40.3 Å². The minimum Gasteiger partial charge on any atom is -0.315 e. The minimum atomic E-state index is 0.653. The fourth-order valence-electron chi connectivity index (χ4n) is 3.16. The summed E-state index contributed by atoms with van der Waals surface area (Å²) in [6, 6.07) is 2.21. The molecule has 4 heteroatoms. The summed E-state index contributed by atoms with van der Waals surface area (Å²) in [6.07, 6.45) is 5.11. The van der Waals surface area contributed by atoms with Crippen molar-refractivity contribution in [2.75, 3.05) is 52.9 Å². The Hall–Kier alpha value is -0.160. The molecule has 28 heavy (non-hydrogen) atoms. The topological polar surface area (TPSA) is 21.8 Å². The van der Waals surface area contributed by atoms with Crippen molar-refractivity contribution in [1.29, 1.82) is 0 Å². The zero-order valence-electron chi connectivity index (χ0n) is 21.4. The number of hydrogen-bond donors (Lipinski definition) is 1. The van der Waals surface area contributed by atoms with Crippen molar-refractivity contribution in [3.8, 4) is 0 Å². The molecule has 0 aromatic rings. The lowest BCUT2D eigenvalue weighted by Crippen LogP contribution is -2.50. The van der Waals surface area contributed by atoms with Crippen LogP contribution in [0, 0.1) is 0 Å². The standard InChI is InChI=1S/C12H25N3.C6H15N.2C3H8/c1-11(2)15-5-4-12(10-15)14-8-6-13(3)7-9-14;1-4-5-7-6(2)3;2*1-3-2/h11-12H,4-10H2,1-3H3;6-7H,4-5H2,1-3H3;2*3H2,1-2H3. The lowest BCUT2D eigenvalue weighted by molar-refractivity contribution is 0.110. The number of nitrogens with zero attached hydrogens (tertiary/aromatic N) is 3. The van der Waals surface area contributed by atoms with Gasteiger partial charge in [-0.1, -0.05) is 61.3 Å². The Bertz CT molecular complexity index is 297. The maximum absolute atomic E-state index is 3.30. The van der Waals surface area contributed by atoms with E-state index in [2.05, 4.69) is 89.4 Å². The molecule has 2 fully saturated rings. The van der Waals surface area contributed by atoms with Crippen molar-refractivity contribution in [2.24, 2.45) is 0 Å². The summed E-state index contributed by atoms with van der Waals surface area (Å²) < 4.78 is 0. The van der Waals surface area contributed by atoms with Crippen LogP contribution in [0.15, 0.2) is 0 Å². The first kappa shape index (κ1) is 30.0. The van der Waals surface area contributed by atoms with Crippen LogP contribution in [0.1, 0.15) is 88.0 Å². The van der Waals surface area contributed by atoms with Crippen LogP contribution in [0.2, 0.25) is 0 Å². The third kappa shape index (κ3) is 16.8. The van der Waals surface area contributed by atoms with Gasteiger partial charge in [0.2, 0.25) is 0 Å². The molecule has 2 heterocycles. The third-order valence-corrected chi connectivity index (χ3v) is 4.78. The first-order valence-electron chi connectivity index (χ1n) is 12.2. The maximum atomic E-state index is 3.30. The number of hydrogen-bond acceptors (Lipinski definition) is 4. The van der Waals surface area contributed by atoms with E-state index >= 15 is 0 Å². The molecular weight excluding hydrogens is 344 g/mol. The second kappa shape index (κ2) is 20.1. The lowest BCUT2D eigenvalue weighted by Gasteiger charge is -2.36. The van der Waals surface area contributed by atoms with Gasteiger partial charge in [0.05, 0.1) is 0 Å². The Morgan fingerprint density at radius 1 is 0.821 bits per heavy atom. The van der Waals surface area contributed by atoms with Crippen molar-refractivity contribution in [3.05, 3.63) is 0 Å². The predicted molar refractivity (Wildman–Crippen MR) is 130 cm³/mol. The minimum absolute atomic E-state index is 0.653. The lowest BCUT2D eigenvalue weighted by atomic mass is 10.2. The van der Waals surface area contributed by atoms with Crippen LogP contribution >= 0.6 is 0 Å². The summed E-state index contributed by atoms with van der Waals surface area (Å²) in [5, 5.41) is 3.30. The summed E-state index contributed by atoms with van der Waals surface area (Å²) in [5.74, 6) is 0.